The smallest absolute Gasteiger partial charge is 0.410 e. The van der Waals surface area contributed by atoms with Crippen LogP contribution in [0.2, 0.25) is 0 Å². The van der Waals surface area contributed by atoms with E-state index in [9.17, 15) is 14.4 Å². The Morgan fingerprint density at radius 1 is 0.938 bits per heavy atom. The summed E-state index contributed by atoms with van der Waals surface area (Å²) in [6, 6.07) is 7.78. The van der Waals surface area contributed by atoms with E-state index in [4.69, 9.17) is 9.57 Å². The fourth-order valence-corrected chi connectivity index (χ4v) is 3.86. The Hall–Kier alpha value is -2.81. The number of hydrogen-bond acceptors (Lipinski definition) is 7. The quantitative estimate of drug-likeness (QED) is 0.760. The molecule has 2 saturated heterocycles. The minimum atomic E-state index is -0.492. The molecule has 0 saturated carbocycles. The lowest BCUT2D eigenvalue weighted by molar-refractivity contribution is -0.193. The fraction of sp³-hybridized carbons (Fsp3) is 0.609. The number of benzene rings is 1. The van der Waals surface area contributed by atoms with E-state index in [0.717, 1.165) is 24.5 Å². The second-order valence-corrected chi connectivity index (χ2v) is 9.28. The highest BCUT2D eigenvalue weighted by Crippen LogP contribution is 2.23. The molecule has 1 aromatic rings. The first kappa shape index (κ1) is 23.8. The molecule has 2 fully saturated rings. The molecule has 2 aliphatic heterocycles. The van der Waals surface area contributed by atoms with E-state index < -0.39 is 5.60 Å². The second-order valence-electron chi connectivity index (χ2n) is 9.28. The monoisotopic (exact) mass is 446 g/mol. The SMILES string of the molecule is CC(=O)ON1CCC(C(=O)Nc2ccc(N3CCN(C(=O)OC(C)(C)C)CC3)cc2)CC1. The number of carbonyl (C=O) groups is 3. The van der Waals surface area contributed by atoms with Crippen LogP contribution in [0.5, 0.6) is 0 Å². The summed E-state index contributed by atoms with van der Waals surface area (Å²) >= 11 is 0. The number of nitrogens with zero attached hydrogens (tertiary/aromatic N) is 3. The highest BCUT2D eigenvalue weighted by atomic mass is 16.7. The summed E-state index contributed by atoms with van der Waals surface area (Å²) in [7, 11) is 0. The molecule has 176 valence electrons. The third kappa shape index (κ3) is 6.85. The van der Waals surface area contributed by atoms with Gasteiger partial charge in [-0.15, -0.1) is 5.06 Å². The highest BCUT2D eigenvalue weighted by molar-refractivity contribution is 5.92. The lowest BCUT2D eigenvalue weighted by Gasteiger charge is -2.36. The molecule has 0 radical (unpaired) electrons. The van der Waals surface area contributed by atoms with Crippen LogP contribution in [0.4, 0.5) is 16.2 Å². The molecule has 0 spiro atoms. The van der Waals surface area contributed by atoms with Crippen LogP contribution < -0.4 is 10.2 Å². The van der Waals surface area contributed by atoms with Crippen LogP contribution >= 0.6 is 0 Å². The largest absolute Gasteiger partial charge is 0.444 e. The van der Waals surface area contributed by atoms with Gasteiger partial charge in [0, 0.05) is 63.5 Å². The number of ether oxygens (including phenoxy) is 1. The second kappa shape index (κ2) is 10.2. The maximum Gasteiger partial charge on any atom is 0.410 e. The fourth-order valence-electron chi connectivity index (χ4n) is 3.86. The summed E-state index contributed by atoms with van der Waals surface area (Å²) in [5.74, 6) is -0.437. The standard InChI is InChI=1S/C23H34N4O5/c1-17(28)32-27-11-9-18(10-12-27)21(29)24-19-5-7-20(8-6-19)25-13-15-26(16-14-25)22(30)31-23(2,3)4/h5-8,18H,9-16H2,1-4H3,(H,24,29). The van der Waals surface area contributed by atoms with Crippen molar-refractivity contribution in [3.8, 4) is 0 Å². The Labute approximate surface area is 189 Å². The summed E-state index contributed by atoms with van der Waals surface area (Å²) in [4.78, 5) is 44.9. The Morgan fingerprint density at radius 2 is 1.53 bits per heavy atom. The van der Waals surface area contributed by atoms with Crippen molar-refractivity contribution in [2.45, 2.75) is 46.1 Å². The number of piperazine rings is 1. The van der Waals surface area contributed by atoms with Crippen molar-refractivity contribution in [3.05, 3.63) is 24.3 Å². The van der Waals surface area contributed by atoms with Crippen LogP contribution in [0.1, 0.15) is 40.5 Å². The predicted octanol–water partition coefficient (Wildman–Crippen LogP) is 2.87. The molecule has 1 aromatic carbocycles. The van der Waals surface area contributed by atoms with Crippen LogP contribution in [0.3, 0.4) is 0 Å². The van der Waals surface area contributed by atoms with Crippen molar-refractivity contribution in [2.24, 2.45) is 5.92 Å². The molecule has 9 nitrogen and oxygen atoms in total. The number of nitrogens with one attached hydrogen (secondary N) is 1. The predicted molar refractivity (Wildman–Crippen MR) is 121 cm³/mol. The van der Waals surface area contributed by atoms with E-state index >= 15 is 0 Å². The highest BCUT2D eigenvalue weighted by Gasteiger charge is 2.27. The molecule has 32 heavy (non-hydrogen) atoms. The van der Waals surface area contributed by atoms with Gasteiger partial charge >= 0.3 is 12.1 Å². The molecule has 2 aliphatic rings. The zero-order chi connectivity index (χ0) is 23.3. The molecule has 2 heterocycles. The van der Waals surface area contributed by atoms with Gasteiger partial charge in [0.15, 0.2) is 0 Å². The van der Waals surface area contributed by atoms with Gasteiger partial charge in [-0.3, -0.25) is 9.59 Å². The number of rotatable bonds is 4. The maximum absolute atomic E-state index is 12.6. The molecular formula is C23H34N4O5. The van der Waals surface area contributed by atoms with Crippen molar-refractivity contribution in [1.29, 1.82) is 0 Å². The lowest BCUT2D eigenvalue weighted by atomic mass is 9.97. The van der Waals surface area contributed by atoms with Gasteiger partial charge in [0.05, 0.1) is 0 Å². The summed E-state index contributed by atoms with van der Waals surface area (Å²) in [5.41, 5.74) is 1.32. The molecule has 0 aromatic heterocycles. The minimum Gasteiger partial charge on any atom is -0.444 e. The Morgan fingerprint density at radius 3 is 2.06 bits per heavy atom. The first-order chi connectivity index (χ1) is 15.1. The molecule has 0 unspecified atom stereocenters. The number of hydroxylamine groups is 2. The van der Waals surface area contributed by atoms with Crippen molar-refractivity contribution in [3.63, 3.8) is 0 Å². The van der Waals surface area contributed by atoms with Gasteiger partial charge in [0.2, 0.25) is 5.91 Å². The average Bonchev–Trinajstić information content (AvgIpc) is 2.73. The zero-order valence-electron chi connectivity index (χ0n) is 19.4. The third-order valence-corrected chi connectivity index (χ3v) is 5.51. The van der Waals surface area contributed by atoms with Crippen molar-refractivity contribution < 1.29 is 24.0 Å². The third-order valence-electron chi connectivity index (χ3n) is 5.51. The van der Waals surface area contributed by atoms with Gasteiger partial charge in [-0.1, -0.05) is 0 Å². The van der Waals surface area contributed by atoms with Gasteiger partial charge in [0.1, 0.15) is 5.60 Å². The molecule has 3 rings (SSSR count). The molecule has 9 heteroatoms. The lowest BCUT2D eigenvalue weighted by Crippen LogP contribution is -2.50. The van der Waals surface area contributed by atoms with Crippen LogP contribution in [0, 0.1) is 5.92 Å². The molecule has 0 bridgehead atoms. The first-order valence-electron chi connectivity index (χ1n) is 11.2. The average molecular weight is 447 g/mol. The molecule has 2 amide bonds. The number of hydrogen-bond donors (Lipinski definition) is 1. The molecule has 0 atom stereocenters. The molecule has 1 N–H and O–H groups in total. The summed E-state index contributed by atoms with van der Waals surface area (Å²) in [6.07, 6.45) is 1.03. The van der Waals surface area contributed by atoms with Crippen LogP contribution in [0.25, 0.3) is 0 Å². The van der Waals surface area contributed by atoms with Crippen LogP contribution in [0.15, 0.2) is 24.3 Å². The van der Waals surface area contributed by atoms with E-state index in [2.05, 4.69) is 10.2 Å². The molecule has 0 aliphatic carbocycles. The van der Waals surface area contributed by atoms with E-state index in [1.165, 1.54) is 6.92 Å². The summed E-state index contributed by atoms with van der Waals surface area (Å²) < 4.78 is 5.45. The van der Waals surface area contributed by atoms with Gasteiger partial charge in [0.25, 0.3) is 0 Å². The van der Waals surface area contributed by atoms with Gasteiger partial charge < -0.3 is 24.7 Å². The van der Waals surface area contributed by atoms with Gasteiger partial charge in [-0.2, -0.15) is 0 Å². The Balaban J connectivity index is 1.45. The Kier molecular flexibility index (Phi) is 7.60. The molecular weight excluding hydrogens is 412 g/mol. The first-order valence-corrected chi connectivity index (χ1v) is 11.2. The normalized spacial score (nSPS) is 18.2. The van der Waals surface area contributed by atoms with E-state index in [0.29, 0.717) is 39.0 Å². The van der Waals surface area contributed by atoms with Gasteiger partial charge in [-0.05, 0) is 57.9 Å². The Bertz CT molecular complexity index is 805. The summed E-state index contributed by atoms with van der Waals surface area (Å²) in [5, 5.41) is 4.60. The van der Waals surface area contributed by atoms with E-state index in [1.807, 2.05) is 45.0 Å². The van der Waals surface area contributed by atoms with Crippen molar-refractivity contribution >= 4 is 29.3 Å². The topological polar surface area (TPSA) is 91.4 Å². The zero-order valence-corrected chi connectivity index (χ0v) is 19.4. The van der Waals surface area contributed by atoms with Gasteiger partial charge in [-0.25, -0.2) is 4.79 Å². The van der Waals surface area contributed by atoms with Crippen molar-refractivity contribution in [2.75, 3.05) is 49.5 Å². The summed E-state index contributed by atoms with van der Waals surface area (Å²) in [6.45, 7) is 10.8. The van der Waals surface area contributed by atoms with Crippen LogP contribution in [-0.2, 0) is 19.2 Å². The maximum atomic E-state index is 12.6. The number of amides is 2. The minimum absolute atomic E-state index is 0.00815. The van der Waals surface area contributed by atoms with Crippen LogP contribution in [-0.4, -0.2) is 72.8 Å². The van der Waals surface area contributed by atoms with E-state index in [1.54, 1.807) is 9.96 Å². The number of carbonyl (C=O) groups excluding carboxylic acids is 3. The number of piperidine rings is 1. The number of anilines is 2. The van der Waals surface area contributed by atoms with E-state index in [-0.39, 0.29) is 23.9 Å². The van der Waals surface area contributed by atoms with Crippen molar-refractivity contribution in [1.82, 2.24) is 9.96 Å².